The minimum absolute atomic E-state index is 0.0206. The topological polar surface area (TPSA) is 75.9 Å². The van der Waals surface area contributed by atoms with Crippen molar-refractivity contribution in [3.63, 3.8) is 0 Å². The number of benzene rings is 1. The largest absolute Gasteiger partial charge is 0.397 e. The Kier molecular flexibility index (Phi) is 3.79. The Labute approximate surface area is 119 Å². The van der Waals surface area contributed by atoms with Gasteiger partial charge in [0.1, 0.15) is 0 Å². The summed E-state index contributed by atoms with van der Waals surface area (Å²) in [6, 6.07) is 5.94. The number of rotatable bonds is 3. The van der Waals surface area contributed by atoms with E-state index in [2.05, 4.69) is 41.4 Å². The summed E-state index contributed by atoms with van der Waals surface area (Å²) in [7, 11) is 1.79. The molecule has 2 aromatic rings. The highest BCUT2D eigenvalue weighted by Gasteiger charge is 2.11. The quantitative estimate of drug-likeness (QED) is 0.748. The number of nitrogen functional groups attached to an aromatic ring is 1. The fraction of sp³-hybridized carbons (Fsp3) is 0.333. The second-order valence-electron chi connectivity index (χ2n) is 5.72. The van der Waals surface area contributed by atoms with Crippen LogP contribution in [0.2, 0.25) is 0 Å². The molecule has 5 nitrogen and oxygen atoms in total. The molecular weight excluding hydrogens is 250 g/mol. The van der Waals surface area contributed by atoms with Crippen LogP contribution < -0.4 is 16.4 Å². The Bertz CT molecular complexity index is 584. The predicted octanol–water partition coefficient (Wildman–Crippen LogP) is 2.98. The third-order valence-electron chi connectivity index (χ3n) is 2.77. The molecule has 0 spiro atoms. The smallest absolute Gasteiger partial charge is 0.222 e. The monoisotopic (exact) mass is 271 g/mol. The van der Waals surface area contributed by atoms with Gasteiger partial charge in [-0.1, -0.05) is 6.07 Å². The summed E-state index contributed by atoms with van der Waals surface area (Å²) in [6.45, 7) is 6.31. The molecule has 4 N–H and O–H groups in total. The Morgan fingerprint density at radius 2 is 1.70 bits per heavy atom. The van der Waals surface area contributed by atoms with Crippen molar-refractivity contribution in [3.05, 3.63) is 30.6 Å². The molecule has 0 aliphatic carbocycles. The number of nitrogens with one attached hydrogen (secondary N) is 2. The molecule has 0 aliphatic rings. The summed E-state index contributed by atoms with van der Waals surface area (Å²) in [6.07, 6.45) is 3.56. The van der Waals surface area contributed by atoms with Crippen LogP contribution in [0.3, 0.4) is 0 Å². The summed E-state index contributed by atoms with van der Waals surface area (Å²) < 4.78 is 0. The van der Waals surface area contributed by atoms with Crippen molar-refractivity contribution in [1.29, 1.82) is 0 Å². The van der Waals surface area contributed by atoms with Crippen molar-refractivity contribution in [3.8, 4) is 11.1 Å². The molecule has 0 saturated heterocycles. The van der Waals surface area contributed by atoms with Crippen molar-refractivity contribution >= 4 is 17.3 Å². The molecule has 0 fully saturated rings. The van der Waals surface area contributed by atoms with Crippen LogP contribution in [0.4, 0.5) is 17.3 Å². The van der Waals surface area contributed by atoms with Crippen LogP contribution in [-0.4, -0.2) is 22.6 Å². The van der Waals surface area contributed by atoms with E-state index in [0.29, 0.717) is 5.95 Å². The maximum atomic E-state index is 6.11. The fourth-order valence-corrected chi connectivity index (χ4v) is 1.87. The van der Waals surface area contributed by atoms with Crippen molar-refractivity contribution in [2.75, 3.05) is 23.4 Å². The van der Waals surface area contributed by atoms with Gasteiger partial charge in [0.15, 0.2) is 0 Å². The van der Waals surface area contributed by atoms with Gasteiger partial charge in [0.05, 0.1) is 11.4 Å². The number of hydrogen-bond acceptors (Lipinski definition) is 5. The molecular formula is C15H21N5. The zero-order valence-electron chi connectivity index (χ0n) is 12.4. The van der Waals surface area contributed by atoms with Gasteiger partial charge in [-0.3, -0.25) is 0 Å². The molecule has 5 heteroatoms. The molecule has 0 unspecified atom stereocenters. The van der Waals surface area contributed by atoms with Crippen molar-refractivity contribution in [1.82, 2.24) is 9.97 Å². The van der Waals surface area contributed by atoms with E-state index in [9.17, 15) is 0 Å². The van der Waals surface area contributed by atoms with Crippen LogP contribution in [0.25, 0.3) is 11.1 Å². The molecule has 0 amide bonds. The summed E-state index contributed by atoms with van der Waals surface area (Å²) in [4.78, 5) is 8.41. The standard InChI is InChI=1S/C15H21N5/c1-15(2,3)20-13-6-5-10(7-12(13)16)11-8-18-14(17-4)19-9-11/h5-9,20H,16H2,1-4H3,(H,17,18,19). The van der Waals surface area contributed by atoms with Gasteiger partial charge in [-0.25, -0.2) is 9.97 Å². The van der Waals surface area contributed by atoms with Gasteiger partial charge in [-0.15, -0.1) is 0 Å². The van der Waals surface area contributed by atoms with Crippen molar-refractivity contribution in [2.45, 2.75) is 26.3 Å². The molecule has 2 rings (SSSR count). The number of anilines is 3. The van der Waals surface area contributed by atoms with Gasteiger partial charge >= 0.3 is 0 Å². The van der Waals surface area contributed by atoms with Gasteiger partial charge in [-0.05, 0) is 38.5 Å². The molecule has 1 heterocycles. The molecule has 106 valence electrons. The number of nitrogens with zero attached hydrogens (tertiary/aromatic N) is 2. The molecule has 0 saturated carbocycles. The fourth-order valence-electron chi connectivity index (χ4n) is 1.87. The summed E-state index contributed by atoms with van der Waals surface area (Å²) in [5, 5.41) is 6.28. The van der Waals surface area contributed by atoms with Crippen LogP contribution in [-0.2, 0) is 0 Å². The Morgan fingerprint density at radius 3 is 2.20 bits per heavy atom. The maximum absolute atomic E-state index is 6.11. The lowest BCUT2D eigenvalue weighted by Gasteiger charge is -2.23. The molecule has 0 bridgehead atoms. The van der Waals surface area contributed by atoms with E-state index in [1.54, 1.807) is 19.4 Å². The van der Waals surface area contributed by atoms with Crippen molar-refractivity contribution < 1.29 is 0 Å². The molecule has 0 radical (unpaired) electrons. The van der Waals surface area contributed by atoms with Crippen LogP contribution in [0.15, 0.2) is 30.6 Å². The van der Waals surface area contributed by atoms with E-state index >= 15 is 0 Å². The summed E-state index contributed by atoms with van der Waals surface area (Å²) in [5.74, 6) is 0.604. The lowest BCUT2D eigenvalue weighted by molar-refractivity contribution is 0.634. The molecule has 0 atom stereocenters. The highest BCUT2D eigenvalue weighted by Crippen LogP contribution is 2.28. The van der Waals surface area contributed by atoms with E-state index < -0.39 is 0 Å². The lowest BCUT2D eigenvalue weighted by Crippen LogP contribution is -2.26. The third-order valence-corrected chi connectivity index (χ3v) is 2.77. The molecule has 0 aliphatic heterocycles. The first kappa shape index (κ1) is 14.1. The van der Waals surface area contributed by atoms with E-state index in [4.69, 9.17) is 5.73 Å². The molecule has 1 aromatic carbocycles. The van der Waals surface area contributed by atoms with Gasteiger partial charge in [0, 0.05) is 30.5 Å². The zero-order chi connectivity index (χ0) is 14.8. The molecule has 20 heavy (non-hydrogen) atoms. The van der Waals surface area contributed by atoms with Gasteiger partial charge < -0.3 is 16.4 Å². The van der Waals surface area contributed by atoms with E-state index in [1.807, 2.05) is 18.2 Å². The predicted molar refractivity (Wildman–Crippen MR) is 84.8 cm³/mol. The highest BCUT2D eigenvalue weighted by atomic mass is 15.1. The average Bonchev–Trinajstić information content (AvgIpc) is 2.40. The first-order valence-electron chi connectivity index (χ1n) is 6.57. The number of hydrogen-bond donors (Lipinski definition) is 3. The number of aromatic nitrogens is 2. The Balaban J connectivity index is 2.28. The van der Waals surface area contributed by atoms with Crippen LogP contribution in [0.5, 0.6) is 0 Å². The molecule has 1 aromatic heterocycles. The van der Waals surface area contributed by atoms with Crippen molar-refractivity contribution in [2.24, 2.45) is 0 Å². The minimum Gasteiger partial charge on any atom is -0.397 e. The average molecular weight is 271 g/mol. The SMILES string of the molecule is CNc1ncc(-c2ccc(NC(C)(C)C)c(N)c2)cn1. The Morgan fingerprint density at radius 1 is 1.05 bits per heavy atom. The third kappa shape index (κ3) is 3.38. The van der Waals surface area contributed by atoms with Crippen LogP contribution >= 0.6 is 0 Å². The number of nitrogens with two attached hydrogens (primary N) is 1. The van der Waals surface area contributed by atoms with Gasteiger partial charge in [-0.2, -0.15) is 0 Å². The highest BCUT2D eigenvalue weighted by molar-refractivity contribution is 5.75. The maximum Gasteiger partial charge on any atom is 0.222 e. The Hall–Kier alpha value is -2.30. The van der Waals surface area contributed by atoms with Crippen LogP contribution in [0.1, 0.15) is 20.8 Å². The van der Waals surface area contributed by atoms with E-state index in [-0.39, 0.29) is 5.54 Å². The van der Waals surface area contributed by atoms with Crippen LogP contribution in [0, 0.1) is 0 Å². The minimum atomic E-state index is -0.0206. The second kappa shape index (κ2) is 5.36. The summed E-state index contributed by atoms with van der Waals surface area (Å²) >= 11 is 0. The second-order valence-corrected chi connectivity index (χ2v) is 5.72. The zero-order valence-corrected chi connectivity index (χ0v) is 12.4. The first-order chi connectivity index (χ1) is 9.39. The van der Waals surface area contributed by atoms with Gasteiger partial charge in [0.25, 0.3) is 0 Å². The van der Waals surface area contributed by atoms with Gasteiger partial charge in [0.2, 0.25) is 5.95 Å². The lowest BCUT2D eigenvalue weighted by atomic mass is 10.0. The normalized spacial score (nSPS) is 11.2. The first-order valence-corrected chi connectivity index (χ1v) is 6.57. The van der Waals surface area contributed by atoms with E-state index in [1.165, 1.54) is 0 Å². The summed E-state index contributed by atoms with van der Waals surface area (Å²) in [5.41, 5.74) is 9.69. The van der Waals surface area contributed by atoms with E-state index in [0.717, 1.165) is 22.5 Å².